The normalized spacial score (nSPS) is 15.0. The van der Waals surface area contributed by atoms with Crippen LogP contribution in [-0.2, 0) is 4.74 Å². The SMILES string of the molecule is Cc1ccc2[nH]c(-c3ccc(C(=O)N4CCOCC4)cc3)cc2c1. The van der Waals surface area contributed by atoms with Gasteiger partial charge in [-0.1, -0.05) is 23.8 Å². The van der Waals surface area contributed by atoms with Crippen LogP contribution >= 0.6 is 0 Å². The minimum Gasteiger partial charge on any atom is -0.378 e. The molecule has 2 aromatic carbocycles. The summed E-state index contributed by atoms with van der Waals surface area (Å²) >= 11 is 0. The molecule has 1 fully saturated rings. The average molecular weight is 320 g/mol. The number of amides is 1. The van der Waals surface area contributed by atoms with Crippen molar-refractivity contribution in [2.24, 2.45) is 0 Å². The van der Waals surface area contributed by atoms with E-state index in [1.807, 2.05) is 29.2 Å². The number of carbonyl (C=O) groups is 1. The van der Waals surface area contributed by atoms with Crippen molar-refractivity contribution >= 4 is 16.8 Å². The van der Waals surface area contributed by atoms with Gasteiger partial charge >= 0.3 is 0 Å². The number of aromatic amines is 1. The lowest BCUT2D eigenvalue weighted by atomic mass is 10.1. The molecule has 3 aromatic rings. The highest BCUT2D eigenvalue weighted by Crippen LogP contribution is 2.25. The summed E-state index contributed by atoms with van der Waals surface area (Å²) < 4.78 is 5.30. The van der Waals surface area contributed by atoms with E-state index in [0.717, 1.165) is 22.3 Å². The smallest absolute Gasteiger partial charge is 0.254 e. The van der Waals surface area contributed by atoms with Crippen LogP contribution in [0, 0.1) is 6.92 Å². The van der Waals surface area contributed by atoms with Crippen LogP contribution in [0.25, 0.3) is 22.2 Å². The molecule has 0 bridgehead atoms. The molecule has 1 aliphatic rings. The van der Waals surface area contributed by atoms with Crippen LogP contribution in [0.1, 0.15) is 15.9 Å². The number of carbonyl (C=O) groups excluding carboxylic acids is 1. The molecule has 0 spiro atoms. The number of rotatable bonds is 2. The van der Waals surface area contributed by atoms with Crippen molar-refractivity contribution in [2.75, 3.05) is 26.3 Å². The van der Waals surface area contributed by atoms with Gasteiger partial charge in [-0.3, -0.25) is 4.79 Å². The second-order valence-corrected chi connectivity index (χ2v) is 6.26. The lowest BCUT2D eigenvalue weighted by Crippen LogP contribution is -2.40. The maximum absolute atomic E-state index is 12.5. The van der Waals surface area contributed by atoms with Crippen LogP contribution in [0.15, 0.2) is 48.5 Å². The van der Waals surface area contributed by atoms with Gasteiger partial charge in [-0.05, 0) is 42.8 Å². The van der Waals surface area contributed by atoms with Crippen LogP contribution in [0.5, 0.6) is 0 Å². The van der Waals surface area contributed by atoms with E-state index < -0.39 is 0 Å². The molecular weight excluding hydrogens is 300 g/mol. The highest BCUT2D eigenvalue weighted by molar-refractivity contribution is 5.95. The number of benzene rings is 2. The first-order valence-electron chi connectivity index (χ1n) is 8.27. The van der Waals surface area contributed by atoms with Gasteiger partial charge in [0.25, 0.3) is 5.91 Å². The lowest BCUT2D eigenvalue weighted by Gasteiger charge is -2.26. The van der Waals surface area contributed by atoms with E-state index in [2.05, 4.69) is 36.2 Å². The average Bonchev–Trinajstić information content (AvgIpc) is 3.05. The first-order chi connectivity index (χ1) is 11.7. The zero-order valence-corrected chi connectivity index (χ0v) is 13.7. The molecule has 0 aliphatic carbocycles. The second-order valence-electron chi connectivity index (χ2n) is 6.26. The number of nitrogens with zero attached hydrogens (tertiary/aromatic N) is 1. The van der Waals surface area contributed by atoms with E-state index in [1.165, 1.54) is 10.9 Å². The molecule has 1 aliphatic heterocycles. The molecule has 4 heteroatoms. The van der Waals surface area contributed by atoms with Crippen molar-refractivity contribution in [2.45, 2.75) is 6.92 Å². The molecule has 0 unspecified atom stereocenters. The summed E-state index contributed by atoms with van der Waals surface area (Å²) in [6.45, 7) is 4.68. The Hall–Kier alpha value is -2.59. The van der Waals surface area contributed by atoms with Gasteiger partial charge in [-0.15, -0.1) is 0 Å². The molecule has 122 valence electrons. The van der Waals surface area contributed by atoms with Gasteiger partial charge in [-0.25, -0.2) is 0 Å². The number of nitrogens with one attached hydrogen (secondary N) is 1. The van der Waals surface area contributed by atoms with E-state index in [9.17, 15) is 4.79 Å². The van der Waals surface area contributed by atoms with Crippen molar-refractivity contribution in [3.05, 3.63) is 59.7 Å². The third-order valence-electron chi connectivity index (χ3n) is 4.52. The van der Waals surface area contributed by atoms with E-state index in [0.29, 0.717) is 26.3 Å². The van der Waals surface area contributed by atoms with Crippen LogP contribution in [-0.4, -0.2) is 42.1 Å². The number of hydrogen-bond donors (Lipinski definition) is 1. The Morgan fingerprint density at radius 2 is 1.79 bits per heavy atom. The molecule has 4 nitrogen and oxygen atoms in total. The highest BCUT2D eigenvalue weighted by atomic mass is 16.5. The molecule has 24 heavy (non-hydrogen) atoms. The fraction of sp³-hybridized carbons (Fsp3) is 0.250. The van der Waals surface area contributed by atoms with Crippen LogP contribution in [0.3, 0.4) is 0 Å². The predicted octanol–water partition coefficient (Wildman–Crippen LogP) is 3.62. The second kappa shape index (κ2) is 6.13. The Balaban J connectivity index is 1.59. The van der Waals surface area contributed by atoms with E-state index in [-0.39, 0.29) is 5.91 Å². The fourth-order valence-corrected chi connectivity index (χ4v) is 3.15. The third kappa shape index (κ3) is 2.81. The first-order valence-corrected chi connectivity index (χ1v) is 8.27. The van der Waals surface area contributed by atoms with Gasteiger partial charge < -0.3 is 14.6 Å². The van der Waals surface area contributed by atoms with Crippen molar-refractivity contribution in [1.82, 2.24) is 9.88 Å². The lowest BCUT2D eigenvalue weighted by molar-refractivity contribution is 0.0303. The summed E-state index contributed by atoms with van der Waals surface area (Å²) in [5.74, 6) is 0.0807. The van der Waals surface area contributed by atoms with E-state index in [4.69, 9.17) is 4.74 Å². The van der Waals surface area contributed by atoms with Gasteiger partial charge in [0.1, 0.15) is 0 Å². The number of ether oxygens (including phenoxy) is 1. The largest absolute Gasteiger partial charge is 0.378 e. The molecule has 1 amide bonds. The number of hydrogen-bond acceptors (Lipinski definition) is 2. The Morgan fingerprint density at radius 3 is 2.54 bits per heavy atom. The monoisotopic (exact) mass is 320 g/mol. The molecule has 0 radical (unpaired) electrons. The fourth-order valence-electron chi connectivity index (χ4n) is 3.15. The summed E-state index contributed by atoms with van der Waals surface area (Å²) in [7, 11) is 0. The quantitative estimate of drug-likeness (QED) is 0.784. The van der Waals surface area contributed by atoms with Crippen molar-refractivity contribution < 1.29 is 9.53 Å². The van der Waals surface area contributed by atoms with Gasteiger partial charge in [0.2, 0.25) is 0 Å². The molecule has 1 saturated heterocycles. The number of aromatic nitrogens is 1. The summed E-state index contributed by atoms with van der Waals surface area (Å²) in [5.41, 5.74) is 5.26. The minimum atomic E-state index is 0.0807. The molecule has 1 N–H and O–H groups in total. The molecular formula is C20H20N2O2. The molecule has 2 heterocycles. The summed E-state index contributed by atoms with van der Waals surface area (Å²) in [5, 5.41) is 1.21. The zero-order chi connectivity index (χ0) is 16.5. The van der Waals surface area contributed by atoms with Gasteiger partial charge in [0.05, 0.1) is 13.2 Å². The standard InChI is InChI=1S/C20H20N2O2/c1-14-2-7-18-17(12-14)13-19(21-18)15-3-5-16(6-4-15)20(23)22-8-10-24-11-9-22/h2-7,12-13,21H,8-11H2,1H3. The highest BCUT2D eigenvalue weighted by Gasteiger charge is 2.18. The molecule has 0 atom stereocenters. The van der Waals surface area contributed by atoms with Gasteiger partial charge in [0, 0.05) is 35.2 Å². The maximum Gasteiger partial charge on any atom is 0.254 e. The zero-order valence-electron chi connectivity index (χ0n) is 13.7. The number of fused-ring (bicyclic) bond motifs is 1. The van der Waals surface area contributed by atoms with Crippen molar-refractivity contribution in [1.29, 1.82) is 0 Å². The third-order valence-corrected chi connectivity index (χ3v) is 4.52. The van der Waals surface area contributed by atoms with E-state index in [1.54, 1.807) is 0 Å². The Labute approximate surface area is 141 Å². The number of H-pyrrole nitrogens is 1. The first kappa shape index (κ1) is 15.0. The van der Waals surface area contributed by atoms with Crippen molar-refractivity contribution in [3.8, 4) is 11.3 Å². The maximum atomic E-state index is 12.5. The summed E-state index contributed by atoms with van der Waals surface area (Å²) in [6.07, 6.45) is 0. The summed E-state index contributed by atoms with van der Waals surface area (Å²) in [6, 6.07) is 16.4. The molecule has 4 rings (SSSR count). The van der Waals surface area contributed by atoms with Crippen molar-refractivity contribution in [3.63, 3.8) is 0 Å². The molecule has 1 aromatic heterocycles. The number of aryl methyl sites for hydroxylation is 1. The van der Waals surface area contributed by atoms with Gasteiger partial charge in [-0.2, -0.15) is 0 Å². The predicted molar refractivity (Wildman–Crippen MR) is 95.2 cm³/mol. The Kier molecular flexibility index (Phi) is 3.82. The van der Waals surface area contributed by atoms with Crippen LogP contribution < -0.4 is 0 Å². The van der Waals surface area contributed by atoms with E-state index >= 15 is 0 Å². The Bertz CT molecular complexity index is 874. The molecule has 0 saturated carbocycles. The minimum absolute atomic E-state index is 0.0807. The van der Waals surface area contributed by atoms with Gasteiger partial charge in [0.15, 0.2) is 0 Å². The Morgan fingerprint density at radius 1 is 1.04 bits per heavy atom. The number of morpholine rings is 1. The van der Waals surface area contributed by atoms with Crippen LogP contribution in [0.4, 0.5) is 0 Å². The van der Waals surface area contributed by atoms with Crippen LogP contribution in [0.2, 0.25) is 0 Å². The summed E-state index contributed by atoms with van der Waals surface area (Å²) in [4.78, 5) is 17.8. The topological polar surface area (TPSA) is 45.3 Å².